The van der Waals surface area contributed by atoms with Crippen molar-refractivity contribution in [2.45, 2.75) is 25.3 Å². The molecule has 8 nitrogen and oxygen atoms in total. The van der Waals surface area contributed by atoms with Crippen LogP contribution in [-0.4, -0.2) is 47.5 Å². The van der Waals surface area contributed by atoms with Crippen LogP contribution in [0, 0.1) is 6.92 Å². The lowest BCUT2D eigenvalue weighted by Gasteiger charge is -2.40. The summed E-state index contributed by atoms with van der Waals surface area (Å²) in [5.74, 6) is 0.679. The van der Waals surface area contributed by atoms with E-state index >= 15 is 0 Å². The monoisotopic (exact) mass is 452 g/mol. The highest BCUT2D eigenvalue weighted by molar-refractivity contribution is 6.30. The molecule has 2 amide bonds. The maximum Gasteiger partial charge on any atom is 0.319 e. The van der Waals surface area contributed by atoms with E-state index < -0.39 is 0 Å². The lowest BCUT2D eigenvalue weighted by Crippen LogP contribution is -2.51. The molecule has 1 fully saturated rings. The number of pyridine rings is 1. The van der Waals surface area contributed by atoms with E-state index in [0.29, 0.717) is 23.0 Å². The predicted molar refractivity (Wildman–Crippen MR) is 125 cm³/mol. The Morgan fingerprint density at radius 3 is 2.69 bits per heavy atom. The van der Waals surface area contributed by atoms with E-state index in [2.05, 4.69) is 30.7 Å². The normalized spacial score (nSPS) is 18.2. The zero-order valence-corrected chi connectivity index (χ0v) is 18.7. The van der Waals surface area contributed by atoms with Gasteiger partial charge in [-0.1, -0.05) is 11.6 Å². The van der Waals surface area contributed by atoms with Crippen LogP contribution in [0.5, 0.6) is 5.75 Å². The van der Waals surface area contributed by atoms with Gasteiger partial charge >= 0.3 is 6.03 Å². The minimum atomic E-state index is -0.258. The molecular formula is C23H25ClN6O2. The third kappa shape index (κ3) is 5.08. The first-order chi connectivity index (χ1) is 15.5. The highest BCUT2D eigenvalue weighted by Gasteiger charge is 2.33. The molecule has 4 rings (SSSR count). The second-order valence-corrected chi connectivity index (χ2v) is 8.11. The molecule has 0 aliphatic carbocycles. The van der Waals surface area contributed by atoms with Crippen LogP contribution >= 0.6 is 11.6 Å². The number of carbonyl (C=O) groups is 1. The predicted octanol–water partition coefficient (Wildman–Crippen LogP) is 4.03. The molecular weight excluding hydrogens is 428 g/mol. The Morgan fingerprint density at radius 1 is 1.19 bits per heavy atom. The Bertz CT molecular complexity index is 1060. The zero-order chi connectivity index (χ0) is 22.5. The molecule has 1 aliphatic heterocycles. The number of amides is 2. The third-order valence-corrected chi connectivity index (χ3v) is 5.88. The summed E-state index contributed by atoms with van der Waals surface area (Å²) in [7, 11) is 1.61. The number of aryl methyl sites for hydroxylation is 1. The van der Waals surface area contributed by atoms with Gasteiger partial charge in [-0.2, -0.15) is 10.2 Å². The number of hydrogen-bond acceptors (Lipinski definition) is 6. The first kappa shape index (κ1) is 21.8. The van der Waals surface area contributed by atoms with Crippen molar-refractivity contribution in [3.05, 3.63) is 71.3 Å². The summed E-state index contributed by atoms with van der Waals surface area (Å²) in [6.45, 7) is 3.43. The van der Waals surface area contributed by atoms with Gasteiger partial charge in [0.15, 0.2) is 0 Å². The molecule has 2 atom stereocenters. The summed E-state index contributed by atoms with van der Waals surface area (Å²) >= 11 is 5.93. The lowest BCUT2D eigenvalue weighted by atomic mass is 9.88. The number of carbonyl (C=O) groups excluding carboxylic acids is 1. The van der Waals surface area contributed by atoms with Crippen LogP contribution in [0.3, 0.4) is 0 Å². The van der Waals surface area contributed by atoms with E-state index in [9.17, 15) is 4.79 Å². The van der Waals surface area contributed by atoms with Crippen molar-refractivity contribution in [1.82, 2.24) is 20.5 Å². The number of hydrogen-bond donors (Lipinski definition) is 2. The number of methoxy groups -OCH3 is 1. The molecule has 2 aromatic heterocycles. The fourth-order valence-electron chi connectivity index (χ4n) is 3.97. The number of ether oxygens (including phenoxy) is 1. The topological polar surface area (TPSA) is 92.3 Å². The average Bonchev–Trinajstić information content (AvgIpc) is 2.81. The Balaban J connectivity index is 1.53. The molecule has 2 N–H and O–H groups in total. The van der Waals surface area contributed by atoms with E-state index in [0.717, 1.165) is 30.0 Å². The fraction of sp³-hybridized carbons (Fsp3) is 0.304. The van der Waals surface area contributed by atoms with Gasteiger partial charge in [0, 0.05) is 41.5 Å². The summed E-state index contributed by atoms with van der Waals surface area (Å²) in [5, 5.41) is 14.8. The quantitative estimate of drug-likeness (QED) is 0.607. The van der Waals surface area contributed by atoms with E-state index in [1.165, 1.54) is 0 Å². The first-order valence-electron chi connectivity index (χ1n) is 10.4. The van der Waals surface area contributed by atoms with Crippen molar-refractivity contribution in [2.24, 2.45) is 0 Å². The Labute approximate surface area is 192 Å². The van der Waals surface area contributed by atoms with Crippen molar-refractivity contribution in [1.29, 1.82) is 0 Å². The summed E-state index contributed by atoms with van der Waals surface area (Å²) in [6.07, 6.45) is 4.17. The summed E-state index contributed by atoms with van der Waals surface area (Å²) in [6, 6.07) is 12.5. The van der Waals surface area contributed by atoms with Crippen LogP contribution in [0.1, 0.15) is 23.7 Å². The van der Waals surface area contributed by atoms with E-state index in [1.54, 1.807) is 43.8 Å². The van der Waals surface area contributed by atoms with E-state index in [1.807, 2.05) is 25.1 Å². The van der Waals surface area contributed by atoms with Gasteiger partial charge in [-0.3, -0.25) is 4.98 Å². The Kier molecular flexibility index (Phi) is 6.70. The number of rotatable bonds is 5. The SMILES string of the molecule is COc1ccc([C@@H]2CN(c3ccnnc3C)CC[C@H]2NC(=O)Nc2ccc(Cl)cc2)nc1. The van der Waals surface area contributed by atoms with Gasteiger partial charge in [0.05, 0.1) is 30.9 Å². The average molecular weight is 453 g/mol. The lowest BCUT2D eigenvalue weighted by molar-refractivity contribution is 0.243. The molecule has 1 aromatic carbocycles. The standard InChI is InChI=1S/C23H25ClN6O2/c1-15-22(9-11-26-29-15)30-12-10-21(19(14-30)20-8-7-18(32-2)13-25-20)28-23(31)27-17-5-3-16(24)4-6-17/h3-9,11,13,19,21H,10,12,14H2,1-2H3,(H2,27,28,31)/t19-,21+/m0/s1. The number of piperidine rings is 1. The van der Waals surface area contributed by atoms with Crippen LogP contribution in [0.15, 0.2) is 54.9 Å². The first-order valence-corrected chi connectivity index (χ1v) is 10.8. The second-order valence-electron chi connectivity index (χ2n) is 7.68. The van der Waals surface area contributed by atoms with Crippen LogP contribution in [0.25, 0.3) is 0 Å². The minimum absolute atomic E-state index is 0.0156. The highest BCUT2D eigenvalue weighted by Crippen LogP contribution is 2.31. The number of aromatic nitrogens is 3. The summed E-state index contributed by atoms with van der Waals surface area (Å²) in [4.78, 5) is 19.6. The maximum absolute atomic E-state index is 12.7. The van der Waals surface area contributed by atoms with Crippen molar-refractivity contribution in [2.75, 3.05) is 30.4 Å². The molecule has 3 aromatic rings. The Hall–Kier alpha value is -3.39. The molecule has 1 saturated heterocycles. The number of nitrogens with zero attached hydrogens (tertiary/aromatic N) is 4. The van der Waals surface area contributed by atoms with Crippen molar-refractivity contribution in [3.8, 4) is 5.75 Å². The van der Waals surface area contributed by atoms with Gasteiger partial charge in [-0.25, -0.2) is 4.79 Å². The van der Waals surface area contributed by atoms with E-state index in [4.69, 9.17) is 16.3 Å². The highest BCUT2D eigenvalue weighted by atomic mass is 35.5. The number of urea groups is 1. The number of nitrogens with one attached hydrogen (secondary N) is 2. The molecule has 9 heteroatoms. The van der Waals surface area contributed by atoms with Gasteiger partial charge in [0.2, 0.25) is 0 Å². The molecule has 3 heterocycles. The summed E-state index contributed by atoms with van der Waals surface area (Å²) < 4.78 is 5.25. The molecule has 1 aliphatic rings. The molecule has 0 radical (unpaired) electrons. The number of halogens is 1. The van der Waals surface area contributed by atoms with Gasteiger partial charge in [0.1, 0.15) is 5.75 Å². The van der Waals surface area contributed by atoms with Crippen molar-refractivity contribution in [3.63, 3.8) is 0 Å². The molecule has 166 valence electrons. The molecule has 0 saturated carbocycles. The van der Waals surface area contributed by atoms with Gasteiger partial charge in [0.25, 0.3) is 0 Å². The molecule has 32 heavy (non-hydrogen) atoms. The summed E-state index contributed by atoms with van der Waals surface area (Å²) in [5.41, 5.74) is 3.50. The van der Waals surface area contributed by atoms with E-state index in [-0.39, 0.29) is 18.0 Å². The zero-order valence-electron chi connectivity index (χ0n) is 18.0. The largest absolute Gasteiger partial charge is 0.495 e. The smallest absolute Gasteiger partial charge is 0.319 e. The molecule has 0 bridgehead atoms. The van der Waals surface area contributed by atoms with Crippen LogP contribution < -0.4 is 20.3 Å². The number of benzene rings is 1. The maximum atomic E-state index is 12.7. The Morgan fingerprint density at radius 2 is 2.00 bits per heavy atom. The third-order valence-electron chi connectivity index (χ3n) is 5.62. The van der Waals surface area contributed by atoms with Gasteiger partial charge in [-0.05, 0) is 55.8 Å². The second kappa shape index (κ2) is 9.82. The van der Waals surface area contributed by atoms with Crippen molar-refractivity contribution < 1.29 is 9.53 Å². The van der Waals surface area contributed by atoms with Crippen molar-refractivity contribution >= 4 is 29.0 Å². The minimum Gasteiger partial charge on any atom is -0.495 e. The molecule has 0 unspecified atom stereocenters. The fourth-order valence-corrected chi connectivity index (χ4v) is 4.10. The van der Waals surface area contributed by atoms with Gasteiger partial charge in [-0.15, -0.1) is 0 Å². The molecule has 0 spiro atoms. The number of anilines is 2. The van der Waals surface area contributed by atoms with Crippen LogP contribution in [0.4, 0.5) is 16.2 Å². The van der Waals surface area contributed by atoms with Gasteiger partial charge < -0.3 is 20.3 Å². The van der Waals surface area contributed by atoms with Crippen LogP contribution in [-0.2, 0) is 0 Å². The van der Waals surface area contributed by atoms with Crippen LogP contribution in [0.2, 0.25) is 5.02 Å².